The van der Waals surface area contributed by atoms with Gasteiger partial charge < -0.3 is 20.9 Å². The van der Waals surface area contributed by atoms with E-state index in [0.717, 1.165) is 19.3 Å². The van der Waals surface area contributed by atoms with E-state index < -0.39 is 29.2 Å². The van der Waals surface area contributed by atoms with Crippen molar-refractivity contribution in [2.24, 2.45) is 28.4 Å². The molecule has 4 fully saturated rings. The number of primary amides is 1. The van der Waals surface area contributed by atoms with Gasteiger partial charge in [0.1, 0.15) is 6.04 Å². The minimum atomic E-state index is -1.21. The highest BCUT2D eigenvalue weighted by Gasteiger charge is 2.71. The molecular formula is C25H34N2O6. The lowest BCUT2D eigenvalue weighted by atomic mass is 9.51. The van der Waals surface area contributed by atoms with Gasteiger partial charge in [-0.3, -0.25) is 14.4 Å². The molecule has 5 rings (SSSR count). The van der Waals surface area contributed by atoms with E-state index in [2.05, 4.69) is 18.3 Å². The van der Waals surface area contributed by atoms with Crippen LogP contribution in [0.25, 0.3) is 0 Å². The van der Waals surface area contributed by atoms with E-state index in [1.54, 1.807) is 19.1 Å². The molecule has 1 spiro atoms. The van der Waals surface area contributed by atoms with Crippen LogP contribution in [-0.2, 0) is 23.9 Å². The Kier molecular flexibility index (Phi) is 5.79. The molecule has 4 N–H and O–H groups in total. The summed E-state index contributed by atoms with van der Waals surface area (Å²) in [5, 5.41) is 11.7. The highest BCUT2D eigenvalue weighted by atomic mass is 16.5. The summed E-state index contributed by atoms with van der Waals surface area (Å²) in [5.41, 5.74) is 4.86. The van der Waals surface area contributed by atoms with E-state index in [9.17, 15) is 24.3 Å². The standard InChI is InChI=1S/C25H34N2O6/c1-14(21(30)27-16(22(31)32)6-7-19(26)29)5-4-9-23(2)18(28)8-10-25-12-15-11-17(20(23)25)33-24(15,3)13-25/h5,8,10,15-17,20H,4,6-7,9,11-13H2,1-3H3,(H2,26,29)(H,27,30)(H,31,32)/b14-5+/t15-,16+,17+,20+,23-,24+,25+/m1/s1. The van der Waals surface area contributed by atoms with Gasteiger partial charge in [0.25, 0.3) is 0 Å². The van der Waals surface area contributed by atoms with Crippen LogP contribution in [0.4, 0.5) is 0 Å². The van der Waals surface area contributed by atoms with E-state index in [0.29, 0.717) is 24.3 Å². The highest BCUT2D eigenvalue weighted by molar-refractivity contribution is 5.97. The van der Waals surface area contributed by atoms with Crippen molar-refractivity contribution in [3.8, 4) is 0 Å². The molecule has 7 atom stereocenters. The maximum Gasteiger partial charge on any atom is 0.326 e. The third kappa shape index (κ3) is 3.92. The average Bonchev–Trinajstić information content (AvgIpc) is 3.09. The molecule has 0 radical (unpaired) electrons. The first kappa shape index (κ1) is 23.7. The normalized spacial score (nSPS) is 39.4. The zero-order chi connectivity index (χ0) is 24.2. The first-order chi connectivity index (χ1) is 15.4. The maximum atomic E-state index is 13.1. The van der Waals surface area contributed by atoms with Gasteiger partial charge in [0, 0.05) is 23.3 Å². The van der Waals surface area contributed by atoms with Crippen LogP contribution in [0.1, 0.15) is 65.7 Å². The SMILES string of the molecule is C/C(=C\CC[C@]1(C)C(=O)C=C[C@]23C[C@H]4C[C@H](O[C@@]4(C)C2)[C@H]31)C(=O)N[C@@H](CCC(N)=O)C(=O)O. The summed E-state index contributed by atoms with van der Waals surface area (Å²) < 4.78 is 6.46. The smallest absolute Gasteiger partial charge is 0.326 e. The second-order valence-corrected chi connectivity index (χ2v) is 10.9. The van der Waals surface area contributed by atoms with Crippen molar-refractivity contribution in [2.75, 3.05) is 0 Å². The van der Waals surface area contributed by atoms with E-state index in [1.807, 2.05) is 6.92 Å². The number of hydrogen-bond donors (Lipinski definition) is 3. The Labute approximate surface area is 194 Å². The molecule has 0 aromatic heterocycles. The van der Waals surface area contributed by atoms with Gasteiger partial charge in [0.05, 0.1) is 11.7 Å². The number of amides is 2. The van der Waals surface area contributed by atoms with Crippen molar-refractivity contribution in [3.63, 3.8) is 0 Å². The van der Waals surface area contributed by atoms with Crippen LogP contribution < -0.4 is 11.1 Å². The average molecular weight is 459 g/mol. The summed E-state index contributed by atoms with van der Waals surface area (Å²) in [6, 6.07) is -1.18. The lowest BCUT2D eigenvalue weighted by Gasteiger charge is -2.55. The molecule has 0 aromatic rings. The fraction of sp³-hybridized carbons (Fsp3) is 0.680. The van der Waals surface area contributed by atoms with Crippen LogP contribution >= 0.6 is 0 Å². The lowest BCUT2D eigenvalue weighted by molar-refractivity contribution is -0.168. The molecular weight excluding hydrogens is 424 g/mol. The largest absolute Gasteiger partial charge is 0.480 e. The molecule has 2 aliphatic heterocycles. The fourth-order valence-corrected chi connectivity index (χ4v) is 7.14. The first-order valence-corrected chi connectivity index (χ1v) is 11.8. The summed E-state index contributed by atoms with van der Waals surface area (Å²) in [5.74, 6) is -1.52. The molecule has 33 heavy (non-hydrogen) atoms. The van der Waals surface area contributed by atoms with Gasteiger partial charge in [-0.1, -0.05) is 19.1 Å². The van der Waals surface area contributed by atoms with E-state index >= 15 is 0 Å². The first-order valence-electron chi connectivity index (χ1n) is 11.8. The molecule has 0 aromatic carbocycles. The zero-order valence-corrected chi connectivity index (χ0v) is 19.6. The van der Waals surface area contributed by atoms with Gasteiger partial charge in [-0.2, -0.15) is 0 Å². The van der Waals surface area contributed by atoms with Gasteiger partial charge in [0.2, 0.25) is 11.8 Å². The summed E-state index contributed by atoms with van der Waals surface area (Å²) in [4.78, 5) is 47.9. The number of allylic oxidation sites excluding steroid dienone is 3. The molecule has 4 bridgehead atoms. The highest BCUT2D eigenvalue weighted by Crippen LogP contribution is 2.71. The number of ether oxygens (including phenoxy) is 1. The number of carboxylic acid groups (broad SMARTS) is 1. The fourth-order valence-electron chi connectivity index (χ4n) is 7.14. The Bertz CT molecular complexity index is 957. The van der Waals surface area contributed by atoms with Gasteiger partial charge in [0.15, 0.2) is 5.78 Å². The predicted molar refractivity (Wildman–Crippen MR) is 120 cm³/mol. The second-order valence-electron chi connectivity index (χ2n) is 10.9. The third-order valence-corrected chi connectivity index (χ3v) is 8.67. The Morgan fingerprint density at radius 1 is 1.36 bits per heavy atom. The molecule has 0 unspecified atom stereocenters. The Balaban J connectivity index is 1.42. The van der Waals surface area contributed by atoms with Crippen LogP contribution in [-0.4, -0.2) is 46.4 Å². The Morgan fingerprint density at radius 3 is 2.73 bits per heavy atom. The van der Waals surface area contributed by atoms with E-state index in [4.69, 9.17) is 10.5 Å². The Morgan fingerprint density at radius 2 is 2.09 bits per heavy atom. The van der Waals surface area contributed by atoms with E-state index in [1.165, 1.54) is 0 Å². The third-order valence-electron chi connectivity index (χ3n) is 8.67. The molecule has 2 saturated heterocycles. The molecule has 8 heteroatoms. The van der Waals surface area contributed by atoms with Gasteiger partial charge in [-0.25, -0.2) is 4.79 Å². The Hall–Kier alpha value is -2.48. The van der Waals surface area contributed by atoms with Crippen molar-refractivity contribution in [1.82, 2.24) is 5.32 Å². The van der Waals surface area contributed by atoms with Gasteiger partial charge in [-0.15, -0.1) is 0 Å². The van der Waals surface area contributed by atoms with Gasteiger partial charge >= 0.3 is 5.97 Å². The molecule has 8 nitrogen and oxygen atoms in total. The van der Waals surface area contributed by atoms with Crippen LogP contribution in [0, 0.1) is 22.7 Å². The second kappa shape index (κ2) is 8.08. The summed E-state index contributed by atoms with van der Waals surface area (Å²) in [6.07, 6.45) is 9.76. The zero-order valence-electron chi connectivity index (χ0n) is 19.6. The molecule has 2 amide bonds. The number of rotatable bonds is 9. The quantitative estimate of drug-likeness (QED) is 0.454. The summed E-state index contributed by atoms with van der Waals surface area (Å²) in [7, 11) is 0. The number of nitrogens with two attached hydrogens (primary N) is 1. The number of aliphatic carboxylic acids is 1. The van der Waals surface area contributed by atoms with E-state index in [-0.39, 0.29) is 41.7 Å². The van der Waals surface area contributed by atoms with Crippen molar-refractivity contribution in [2.45, 2.75) is 83.5 Å². The number of ketones is 1. The minimum Gasteiger partial charge on any atom is -0.480 e. The molecule has 2 heterocycles. The minimum absolute atomic E-state index is 0.0223. The maximum absolute atomic E-state index is 13.1. The molecule has 5 aliphatic rings. The molecule has 2 saturated carbocycles. The van der Waals surface area contributed by atoms with Gasteiger partial charge in [-0.05, 0) is 69.8 Å². The number of hydrogen-bond acceptors (Lipinski definition) is 5. The predicted octanol–water partition coefficient (Wildman–Crippen LogP) is 2.27. The van der Waals surface area contributed by atoms with Crippen LogP contribution in [0.3, 0.4) is 0 Å². The monoisotopic (exact) mass is 458 g/mol. The van der Waals surface area contributed by atoms with Crippen LogP contribution in [0.2, 0.25) is 0 Å². The van der Waals surface area contributed by atoms with Crippen LogP contribution in [0.5, 0.6) is 0 Å². The summed E-state index contributed by atoms with van der Waals surface area (Å²) >= 11 is 0. The van der Waals surface area contributed by atoms with Crippen LogP contribution in [0.15, 0.2) is 23.8 Å². The number of carbonyl (C=O) groups is 4. The number of carbonyl (C=O) groups excluding carboxylic acids is 3. The lowest BCUT2D eigenvalue weighted by Crippen LogP contribution is -2.56. The van der Waals surface area contributed by atoms with Crippen molar-refractivity contribution in [1.29, 1.82) is 0 Å². The number of nitrogens with one attached hydrogen (secondary N) is 1. The van der Waals surface area contributed by atoms with Crippen molar-refractivity contribution < 1.29 is 29.0 Å². The number of carboxylic acids is 1. The summed E-state index contributed by atoms with van der Waals surface area (Å²) in [6.45, 7) is 5.87. The van der Waals surface area contributed by atoms with Crippen molar-refractivity contribution >= 4 is 23.6 Å². The molecule has 180 valence electrons. The van der Waals surface area contributed by atoms with Crippen molar-refractivity contribution in [3.05, 3.63) is 23.8 Å². The molecule has 3 aliphatic carbocycles. The topological polar surface area (TPSA) is 136 Å².